The Bertz CT molecular complexity index is 807. The fourth-order valence-corrected chi connectivity index (χ4v) is 2.09. The second-order valence-corrected chi connectivity index (χ2v) is 4.76. The third-order valence-electron chi connectivity index (χ3n) is 3.15. The molecule has 0 bridgehead atoms. The first-order valence-corrected chi connectivity index (χ1v) is 7.29. The van der Waals surface area contributed by atoms with E-state index in [1.54, 1.807) is 6.92 Å². The lowest BCUT2D eigenvalue weighted by Gasteiger charge is -2.05. The van der Waals surface area contributed by atoms with E-state index in [9.17, 15) is 4.79 Å². The largest absolute Gasteiger partial charge is 0.461 e. The van der Waals surface area contributed by atoms with E-state index in [4.69, 9.17) is 4.74 Å². The van der Waals surface area contributed by atoms with Gasteiger partial charge in [0.15, 0.2) is 5.82 Å². The predicted octanol–water partition coefficient (Wildman–Crippen LogP) is 2.94. The van der Waals surface area contributed by atoms with Crippen LogP contribution in [0, 0.1) is 0 Å². The van der Waals surface area contributed by atoms with Gasteiger partial charge in [0.1, 0.15) is 0 Å². The van der Waals surface area contributed by atoms with Crippen LogP contribution in [0.5, 0.6) is 0 Å². The zero-order valence-electron chi connectivity index (χ0n) is 12.6. The normalized spacial score (nSPS) is 11.4. The Labute approximate surface area is 133 Å². The lowest BCUT2D eigenvalue weighted by molar-refractivity contribution is -0.134. The van der Waals surface area contributed by atoms with Crippen LogP contribution < -0.4 is 5.43 Å². The maximum atomic E-state index is 12.2. The van der Waals surface area contributed by atoms with Gasteiger partial charge in [0.2, 0.25) is 5.71 Å². The quantitative estimate of drug-likeness (QED) is 0.431. The lowest BCUT2D eigenvalue weighted by Crippen LogP contribution is -2.21. The molecule has 2 aromatic carbocycles. The van der Waals surface area contributed by atoms with Crippen LogP contribution in [0.4, 0.5) is 5.69 Å². The zero-order valence-corrected chi connectivity index (χ0v) is 12.6. The van der Waals surface area contributed by atoms with Crippen molar-refractivity contribution < 1.29 is 9.53 Å². The molecule has 0 radical (unpaired) electrons. The summed E-state index contributed by atoms with van der Waals surface area (Å²) in [7, 11) is 0. The van der Waals surface area contributed by atoms with Crippen LogP contribution in [0.1, 0.15) is 12.7 Å². The molecule has 0 aliphatic heterocycles. The molecule has 0 spiro atoms. The molecular weight excluding hydrogens is 292 g/mol. The van der Waals surface area contributed by atoms with E-state index in [0.29, 0.717) is 5.82 Å². The SMILES string of the molecule is CCOC(=O)/C(=N\Nc1ccccc1)c1nc2ccccc2[nH]1. The van der Waals surface area contributed by atoms with Crippen LogP contribution in [0.15, 0.2) is 59.7 Å². The molecule has 1 aromatic heterocycles. The summed E-state index contributed by atoms with van der Waals surface area (Å²) < 4.78 is 5.07. The van der Waals surface area contributed by atoms with Gasteiger partial charge in [0.05, 0.1) is 23.3 Å². The number of hydrazone groups is 1. The average Bonchev–Trinajstić information content (AvgIpc) is 3.00. The van der Waals surface area contributed by atoms with Crippen molar-refractivity contribution in [3.63, 3.8) is 0 Å². The highest BCUT2D eigenvalue weighted by Gasteiger charge is 2.19. The van der Waals surface area contributed by atoms with E-state index >= 15 is 0 Å². The van der Waals surface area contributed by atoms with Gasteiger partial charge in [0.25, 0.3) is 0 Å². The monoisotopic (exact) mass is 308 g/mol. The Kier molecular flexibility index (Phi) is 4.33. The van der Waals surface area contributed by atoms with Gasteiger partial charge in [-0.1, -0.05) is 30.3 Å². The number of imidazole rings is 1. The number of hydrogen-bond acceptors (Lipinski definition) is 5. The van der Waals surface area contributed by atoms with E-state index in [-0.39, 0.29) is 12.3 Å². The summed E-state index contributed by atoms with van der Waals surface area (Å²) in [4.78, 5) is 19.7. The molecule has 116 valence electrons. The Morgan fingerprint density at radius 3 is 2.65 bits per heavy atom. The van der Waals surface area contributed by atoms with Crippen molar-refractivity contribution in [2.24, 2.45) is 5.10 Å². The van der Waals surface area contributed by atoms with Crippen LogP contribution in [-0.4, -0.2) is 28.3 Å². The summed E-state index contributed by atoms with van der Waals surface area (Å²) in [6.07, 6.45) is 0. The highest BCUT2D eigenvalue weighted by molar-refractivity contribution is 6.42. The summed E-state index contributed by atoms with van der Waals surface area (Å²) in [5.41, 5.74) is 5.32. The first-order valence-electron chi connectivity index (χ1n) is 7.29. The third kappa shape index (κ3) is 3.37. The van der Waals surface area contributed by atoms with Crippen molar-refractivity contribution >= 4 is 28.4 Å². The van der Waals surface area contributed by atoms with E-state index in [1.165, 1.54) is 0 Å². The molecule has 0 atom stereocenters. The number of nitrogens with zero attached hydrogens (tertiary/aromatic N) is 2. The number of fused-ring (bicyclic) bond motifs is 1. The van der Waals surface area contributed by atoms with E-state index in [2.05, 4.69) is 20.5 Å². The van der Waals surface area contributed by atoms with Gasteiger partial charge in [-0.3, -0.25) is 5.43 Å². The van der Waals surface area contributed by atoms with Gasteiger partial charge in [-0.25, -0.2) is 9.78 Å². The summed E-state index contributed by atoms with van der Waals surface area (Å²) in [6, 6.07) is 16.9. The molecule has 0 aliphatic rings. The molecule has 0 unspecified atom stereocenters. The Hall–Kier alpha value is -3.15. The number of esters is 1. The van der Waals surface area contributed by atoms with Crippen molar-refractivity contribution in [1.82, 2.24) is 9.97 Å². The van der Waals surface area contributed by atoms with Crippen molar-refractivity contribution in [2.75, 3.05) is 12.0 Å². The number of rotatable bonds is 5. The van der Waals surface area contributed by atoms with Crippen molar-refractivity contribution in [3.8, 4) is 0 Å². The molecule has 23 heavy (non-hydrogen) atoms. The maximum absolute atomic E-state index is 12.2. The Morgan fingerprint density at radius 1 is 1.17 bits per heavy atom. The fraction of sp³-hybridized carbons (Fsp3) is 0.118. The minimum absolute atomic E-state index is 0.104. The molecule has 6 heteroatoms. The van der Waals surface area contributed by atoms with E-state index in [1.807, 2.05) is 54.6 Å². The average molecular weight is 308 g/mol. The first-order chi connectivity index (χ1) is 11.3. The van der Waals surface area contributed by atoms with Crippen LogP contribution >= 0.6 is 0 Å². The standard InChI is InChI=1S/C17H16N4O2/c1-2-23-17(22)15(21-20-12-8-4-3-5-9-12)16-18-13-10-6-7-11-14(13)19-16/h3-11,20H,2H2,1H3,(H,18,19)/b21-15-. The molecule has 3 rings (SSSR count). The van der Waals surface area contributed by atoms with Crippen LogP contribution in [0.3, 0.4) is 0 Å². The van der Waals surface area contributed by atoms with Gasteiger partial charge >= 0.3 is 5.97 Å². The number of nitrogens with one attached hydrogen (secondary N) is 2. The minimum Gasteiger partial charge on any atom is -0.461 e. The number of carbonyl (C=O) groups excluding carboxylic acids is 1. The van der Waals surface area contributed by atoms with Gasteiger partial charge in [-0.15, -0.1) is 0 Å². The predicted molar refractivity (Wildman–Crippen MR) is 89.3 cm³/mol. The number of benzene rings is 2. The summed E-state index contributed by atoms with van der Waals surface area (Å²) in [5, 5.41) is 4.18. The minimum atomic E-state index is -0.532. The fourth-order valence-electron chi connectivity index (χ4n) is 2.09. The van der Waals surface area contributed by atoms with Crippen LogP contribution in [0.2, 0.25) is 0 Å². The molecule has 1 heterocycles. The number of anilines is 1. The zero-order chi connectivity index (χ0) is 16.1. The molecule has 2 N–H and O–H groups in total. The second-order valence-electron chi connectivity index (χ2n) is 4.76. The van der Waals surface area contributed by atoms with Crippen molar-refractivity contribution in [1.29, 1.82) is 0 Å². The van der Waals surface area contributed by atoms with Crippen LogP contribution in [0.25, 0.3) is 11.0 Å². The highest BCUT2D eigenvalue weighted by Crippen LogP contribution is 2.12. The molecule has 0 aliphatic carbocycles. The first kappa shape index (κ1) is 14.8. The van der Waals surface area contributed by atoms with E-state index < -0.39 is 5.97 Å². The second kappa shape index (κ2) is 6.74. The Morgan fingerprint density at radius 2 is 1.91 bits per heavy atom. The number of para-hydroxylation sites is 3. The molecule has 0 saturated carbocycles. The molecule has 6 nitrogen and oxygen atoms in total. The number of aromatic amines is 1. The molecule has 0 saturated heterocycles. The number of H-pyrrole nitrogens is 1. The number of carbonyl (C=O) groups is 1. The van der Waals surface area contributed by atoms with Gasteiger partial charge in [-0.2, -0.15) is 5.10 Å². The number of hydrogen-bond donors (Lipinski definition) is 2. The van der Waals surface area contributed by atoms with Crippen molar-refractivity contribution in [3.05, 3.63) is 60.4 Å². The van der Waals surface area contributed by atoms with Gasteiger partial charge in [-0.05, 0) is 31.2 Å². The van der Waals surface area contributed by atoms with Gasteiger partial charge < -0.3 is 9.72 Å². The summed E-state index contributed by atoms with van der Waals surface area (Å²) in [6.45, 7) is 2.02. The maximum Gasteiger partial charge on any atom is 0.362 e. The van der Waals surface area contributed by atoms with Crippen molar-refractivity contribution in [2.45, 2.75) is 6.92 Å². The molecule has 0 amide bonds. The third-order valence-corrected chi connectivity index (χ3v) is 3.15. The highest BCUT2D eigenvalue weighted by atomic mass is 16.5. The topological polar surface area (TPSA) is 79.4 Å². The summed E-state index contributed by atoms with van der Waals surface area (Å²) >= 11 is 0. The Balaban J connectivity index is 1.96. The number of aromatic nitrogens is 2. The lowest BCUT2D eigenvalue weighted by atomic mass is 10.3. The van der Waals surface area contributed by atoms with Crippen LogP contribution in [-0.2, 0) is 9.53 Å². The molecule has 3 aromatic rings. The van der Waals surface area contributed by atoms with E-state index in [0.717, 1.165) is 16.7 Å². The molecular formula is C17H16N4O2. The molecule has 0 fully saturated rings. The number of ether oxygens (including phenoxy) is 1. The smallest absolute Gasteiger partial charge is 0.362 e. The van der Waals surface area contributed by atoms with Gasteiger partial charge in [0, 0.05) is 0 Å². The summed E-state index contributed by atoms with van der Waals surface area (Å²) in [5.74, 6) is -0.164.